The molecule has 25 heavy (non-hydrogen) atoms. The lowest BCUT2D eigenvalue weighted by molar-refractivity contribution is -0.148. The second-order valence-corrected chi connectivity index (χ2v) is 4.65. The molecular weight excluding hydrogens is 340 g/mol. The topological polar surface area (TPSA) is 210 Å². The summed E-state index contributed by atoms with van der Waals surface area (Å²) in [7, 11) is 0. The highest BCUT2D eigenvalue weighted by atomic mass is 16.5. The molecule has 0 aliphatic heterocycles. The molecule has 0 aromatic heterocycles. The van der Waals surface area contributed by atoms with Gasteiger partial charge in [0.25, 0.3) is 0 Å². The van der Waals surface area contributed by atoms with Gasteiger partial charge in [0.05, 0.1) is 6.61 Å². The third-order valence-corrected chi connectivity index (χ3v) is 2.17. The number of carbonyl (C=O) groups is 4. The maximum absolute atomic E-state index is 10.7. The molecule has 0 saturated carbocycles. The first-order chi connectivity index (χ1) is 11.5. The number of aliphatic hydroxyl groups excluding tert-OH is 1. The predicted octanol–water partition coefficient (Wildman–Crippen LogP) is -0.997. The first-order valence-electron chi connectivity index (χ1n) is 7.48. The van der Waals surface area contributed by atoms with E-state index in [0.717, 1.165) is 6.42 Å². The van der Waals surface area contributed by atoms with Crippen molar-refractivity contribution in [2.75, 3.05) is 13.2 Å². The summed E-state index contributed by atoms with van der Waals surface area (Å²) in [5.74, 6) is -3.46. The second-order valence-electron chi connectivity index (χ2n) is 4.65. The molecule has 0 amide bonds. The number of esters is 1. The largest absolute Gasteiger partial charge is 0.481 e. The van der Waals surface area contributed by atoms with Crippen LogP contribution in [-0.2, 0) is 23.9 Å². The van der Waals surface area contributed by atoms with Crippen molar-refractivity contribution in [2.45, 2.75) is 51.6 Å². The average molecular weight is 368 g/mol. The van der Waals surface area contributed by atoms with Crippen molar-refractivity contribution in [2.24, 2.45) is 11.5 Å². The molecular formula is C14H28N2O9. The molecule has 0 spiro atoms. The van der Waals surface area contributed by atoms with E-state index in [1.54, 1.807) is 0 Å². The number of rotatable bonds is 9. The zero-order valence-corrected chi connectivity index (χ0v) is 14.4. The van der Waals surface area contributed by atoms with Crippen molar-refractivity contribution in [1.82, 2.24) is 0 Å². The fourth-order valence-corrected chi connectivity index (χ4v) is 0.822. The van der Waals surface area contributed by atoms with Gasteiger partial charge in [-0.1, -0.05) is 13.8 Å². The van der Waals surface area contributed by atoms with Gasteiger partial charge in [-0.05, 0) is 12.8 Å². The normalized spacial score (nSPS) is 11.6. The Morgan fingerprint density at radius 3 is 1.52 bits per heavy atom. The maximum Gasteiger partial charge on any atom is 0.324 e. The molecule has 0 saturated heterocycles. The van der Waals surface area contributed by atoms with Gasteiger partial charge in [-0.3, -0.25) is 19.2 Å². The lowest BCUT2D eigenvalue weighted by Gasteiger charge is -2.06. The Bertz CT molecular complexity index is 402. The summed E-state index contributed by atoms with van der Waals surface area (Å²) in [6.07, 6.45) is 2.00. The van der Waals surface area contributed by atoms with E-state index in [1.807, 2.05) is 13.8 Å². The molecule has 0 unspecified atom stereocenters. The van der Waals surface area contributed by atoms with E-state index in [2.05, 4.69) is 4.74 Å². The van der Waals surface area contributed by atoms with E-state index in [-0.39, 0.29) is 6.61 Å². The van der Waals surface area contributed by atoms with Crippen LogP contribution in [0.5, 0.6) is 0 Å². The Hall–Kier alpha value is -2.24. The summed E-state index contributed by atoms with van der Waals surface area (Å²) < 4.78 is 4.56. The van der Waals surface area contributed by atoms with Gasteiger partial charge < -0.3 is 36.6 Å². The van der Waals surface area contributed by atoms with Gasteiger partial charge in [-0.2, -0.15) is 0 Å². The Morgan fingerprint density at radius 1 is 0.880 bits per heavy atom. The number of carbonyl (C=O) groups excluding carboxylic acids is 1. The van der Waals surface area contributed by atoms with Crippen molar-refractivity contribution in [3.63, 3.8) is 0 Å². The van der Waals surface area contributed by atoms with Crippen LogP contribution >= 0.6 is 0 Å². The molecule has 0 aliphatic carbocycles. The van der Waals surface area contributed by atoms with Crippen molar-refractivity contribution in [3.05, 3.63) is 0 Å². The van der Waals surface area contributed by atoms with Crippen LogP contribution in [0.1, 0.15) is 39.5 Å². The Balaban J connectivity index is -0.000000317. The lowest BCUT2D eigenvalue weighted by Crippen LogP contribution is -2.35. The van der Waals surface area contributed by atoms with E-state index >= 15 is 0 Å². The third-order valence-electron chi connectivity index (χ3n) is 2.17. The second kappa shape index (κ2) is 18.1. The van der Waals surface area contributed by atoms with Crippen molar-refractivity contribution < 1.29 is 44.3 Å². The highest BCUT2D eigenvalue weighted by Gasteiger charge is 2.13. The van der Waals surface area contributed by atoms with E-state index in [1.165, 1.54) is 0 Å². The molecule has 8 N–H and O–H groups in total. The number of hydrogen-bond acceptors (Lipinski definition) is 8. The van der Waals surface area contributed by atoms with Crippen LogP contribution in [-0.4, -0.2) is 69.6 Å². The first-order valence-corrected chi connectivity index (χ1v) is 7.48. The van der Waals surface area contributed by atoms with Crippen LogP contribution in [0.4, 0.5) is 0 Å². The van der Waals surface area contributed by atoms with E-state index < -0.39 is 42.6 Å². The van der Waals surface area contributed by atoms with E-state index in [0.29, 0.717) is 19.3 Å². The quantitative estimate of drug-likeness (QED) is 0.272. The smallest absolute Gasteiger partial charge is 0.324 e. The Morgan fingerprint density at radius 2 is 1.32 bits per heavy atom. The van der Waals surface area contributed by atoms with Crippen LogP contribution < -0.4 is 11.5 Å². The molecule has 0 aliphatic rings. The zero-order chi connectivity index (χ0) is 20.4. The number of nitrogens with two attached hydrogens (primary N) is 2. The number of carboxylic acids is 3. The summed E-state index contributed by atoms with van der Waals surface area (Å²) in [5.41, 5.74) is 9.85. The summed E-state index contributed by atoms with van der Waals surface area (Å²) in [4.78, 5) is 40.1. The van der Waals surface area contributed by atoms with Gasteiger partial charge in [0.1, 0.15) is 18.7 Å². The van der Waals surface area contributed by atoms with Crippen LogP contribution in [0.2, 0.25) is 0 Å². The molecule has 0 aromatic carbocycles. The first kappa shape index (κ1) is 27.6. The lowest BCUT2D eigenvalue weighted by atomic mass is 10.3. The van der Waals surface area contributed by atoms with Crippen LogP contribution in [0.3, 0.4) is 0 Å². The maximum atomic E-state index is 10.7. The van der Waals surface area contributed by atoms with E-state index in [4.69, 9.17) is 31.9 Å². The number of carboxylic acid groups (broad SMARTS) is 3. The summed E-state index contributed by atoms with van der Waals surface area (Å²) >= 11 is 0. The van der Waals surface area contributed by atoms with Gasteiger partial charge in [0.15, 0.2) is 0 Å². The van der Waals surface area contributed by atoms with Crippen molar-refractivity contribution in [3.8, 4) is 0 Å². The fraction of sp³-hybridized carbons (Fsp3) is 0.714. The third kappa shape index (κ3) is 24.1. The van der Waals surface area contributed by atoms with Gasteiger partial charge in [-0.25, -0.2) is 0 Å². The standard InChI is InChI=1S/C7H13NO4.C4H8O2.C3H7NO3/c1-2-3-6(9)12-4-5(8)7(10)11;1-2-3-4(5)6;4-2(1-5)3(6)7/h5H,2-4,8H2,1H3,(H,10,11);2-3H2,1H3,(H,5,6);2,5H,1,4H2,(H,6,7)/t5-;;2-/m0.0/s1. The molecule has 0 radical (unpaired) electrons. The Labute approximate surface area is 145 Å². The molecule has 0 fully saturated rings. The molecule has 0 bridgehead atoms. The molecule has 0 heterocycles. The molecule has 2 atom stereocenters. The van der Waals surface area contributed by atoms with Crippen LogP contribution in [0.15, 0.2) is 0 Å². The highest BCUT2D eigenvalue weighted by Crippen LogP contribution is 1.92. The van der Waals surface area contributed by atoms with E-state index in [9.17, 15) is 19.2 Å². The number of hydrogen-bond donors (Lipinski definition) is 6. The minimum absolute atomic E-state index is 0.256. The molecule has 0 rings (SSSR count). The summed E-state index contributed by atoms with van der Waals surface area (Å²) in [6, 6.07) is -2.24. The molecule has 0 aromatic rings. The van der Waals surface area contributed by atoms with Gasteiger partial charge in [0.2, 0.25) is 0 Å². The van der Waals surface area contributed by atoms with Gasteiger partial charge in [-0.15, -0.1) is 0 Å². The minimum Gasteiger partial charge on any atom is -0.481 e. The van der Waals surface area contributed by atoms with Gasteiger partial charge in [0, 0.05) is 12.8 Å². The monoisotopic (exact) mass is 368 g/mol. The SMILES string of the molecule is CCCC(=O)O.CCCC(=O)OC[C@H](N)C(=O)O.N[C@@H](CO)C(=O)O. The molecule has 11 nitrogen and oxygen atoms in total. The van der Waals surface area contributed by atoms with Gasteiger partial charge >= 0.3 is 23.9 Å². The number of aliphatic carboxylic acids is 3. The molecule has 148 valence electrons. The average Bonchev–Trinajstić information content (AvgIpc) is 2.52. The summed E-state index contributed by atoms with van der Waals surface area (Å²) in [5, 5.41) is 32.1. The van der Waals surface area contributed by atoms with Crippen LogP contribution in [0, 0.1) is 0 Å². The Kier molecular flexibility index (Phi) is 20.0. The highest BCUT2D eigenvalue weighted by molar-refractivity contribution is 5.74. The fourth-order valence-electron chi connectivity index (χ4n) is 0.822. The zero-order valence-electron chi connectivity index (χ0n) is 14.4. The minimum atomic E-state index is -1.18. The van der Waals surface area contributed by atoms with Crippen LogP contribution in [0.25, 0.3) is 0 Å². The van der Waals surface area contributed by atoms with Crippen molar-refractivity contribution >= 4 is 23.9 Å². The number of ether oxygens (including phenoxy) is 1. The summed E-state index contributed by atoms with van der Waals surface area (Å²) in [6.45, 7) is 2.91. The molecule has 11 heteroatoms. The predicted molar refractivity (Wildman–Crippen MR) is 86.7 cm³/mol. The van der Waals surface area contributed by atoms with Crippen molar-refractivity contribution in [1.29, 1.82) is 0 Å². The number of aliphatic hydroxyl groups is 1.